The molecule has 0 spiro atoms. The third-order valence-electron chi connectivity index (χ3n) is 4.02. The van der Waals surface area contributed by atoms with Crippen molar-refractivity contribution in [3.8, 4) is 5.69 Å². The van der Waals surface area contributed by atoms with Crippen LogP contribution in [-0.2, 0) is 0 Å². The van der Waals surface area contributed by atoms with Crippen LogP contribution in [0.4, 0.5) is 5.69 Å². The molecule has 1 unspecified atom stereocenters. The number of carbonyl (C=O) groups excluding carboxylic acids is 1. The Morgan fingerprint density at radius 3 is 2.80 bits per heavy atom. The maximum Gasteiger partial charge on any atom is 0.275 e. The molecule has 1 heterocycles. The maximum atomic E-state index is 12.4. The summed E-state index contributed by atoms with van der Waals surface area (Å²) in [7, 11) is 1.68. The lowest BCUT2D eigenvalue weighted by molar-refractivity contribution is -0.384. The predicted octanol–water partition coefficient (Wildman–Crippen LogP) is 1.62. The van der Waals surface area contributed by atoms with E-state index in [1.165, 1.54) is 23.0 Å². The molecule has 134 valence electrons. The van der Waals surface area contributed by atoms with E-state index in [1.54, 1.807) is 24.1 Å². The summed E-state index contributed by atoms with van der Waals surface area (Å²) in [4.78, 5) is 24.3. The number of hydrogen-bond donors (Lipinski definition) is 1. The number of hydrogen-bond acceptors (Lipinski definition) is 6. The quantitative estimate of drug-likeness (QED) is 0.601. The Morgan fingerprint density at radius 1 is 1.44 bits per heavy atom. The molecule has 2 aromatic rings. The van der Waals surface area contributed by atoms with Gasteiger partial charge in [0.15, 0.2) is 5.69 Å². The van der Waals surface area contributed by atoms with Crippen LogP contribution in [0.1, 0.15) is 30.8 Å². The molecule has 0 aliphatic carbocycles. The fourth-order valence-electron chi connectivity index (χ4n) is 2.21. The second kappa shape index (κ2) is 7.84. The van der Waals surface area contributed by atoms with Gasteiger partial charge in [0.25, 0.3) is 11.6 Å². The Bertz CT molecular complexity index is 758. The van der Waals surface area contributed by atoms with Crippen LogP contribution >= 0.6 is 0 Å². The summed E-state index contributed by atoms with van der Waals surface area (Å²) in [5.41, 5.74) is 6.58. The number of rotatable bonds is 7. The van der Waals surface area contributed by atoms with Gasteiger partial charge in [-0.25, -0.2) is 4.68 Å². The van der Waals surface area contributed by atoms with Crippen molar-refractivity contribution >= 4 is 11.6 Å². The van der Waals surface area contributed by atoms with E-state index in [0.29, 0.717) is 24.6 Å². The van der Waals surface area contributed by atoms with Gasteiger partial charge in [0.2, 0.25) is 0 Å². The smallest absolute Gasteiger partial charge is 0.275 e. The normalized spacial score (nSPS) is 12.2. The minimum absolute atomic E-state index is 0.0239. The molecule has 1 amide bonds. The fraction of sp³-hybridized carbons (Fsp3) is 0.438. The first-order chi connectivity index (χ1) is 11.8. The van der Waals surface area contributed by atoms with Gasteiger partial charge >= 0.3 is 0 Å². The van der Waals surface area contributed by atoms with Crippen LogP contribution in [0.15, 0.2) is 30.5 Å². The Hall–Kier alpha value is -2.81. The van der Waals surface area contributed by atoms with Gasteiger partial charge in [-0.05, 0) is 18.4 Å². The monoisotopic (exact) mass is 346 g/mol. The standard InChI is InChI=1S/C16H22N6O3/c1-11(2)14(17)7-8-20(3)16(23)15-10-21(19-18-15)12-5-4-6-13(9-12)22(24)25/h4-6,9-11,14H,7-8,17H2,1-3H3. The van der Waals surface area contributed by atoms with E-state index in [1.807, 2.05) is 13.8 Å². The number of carbonyl (C=O) groups is 1. The van der Waals surface area contributed by atoms with E-state index in [2.05, 4.69) is 10.3 Å². The van der Waals surface area contributed by atoms with E-state index in [-0.39, 0.29) is 23.3 Å². The van der Waals surface area contributed by atoms with E-state index >= 15 is 0 Å². The van der Waals surface area contributed by atoms with Crippen LogP contribution in [-0.4, -0.2) is 50.4 Å². The van der Waals surface area contributed by atoms with Gasteiger partial charge < -0.3 is 10.6 Å². The highest BCUT2D eigenvalue weighted by Crippen LogP contribution is 2.16. The topological polar surface area (TPSA) is 120 Å². The molecule has 1 aromatic heterocycles. The van der Waals surface area contributed by atoms with E-state index in [0.717, 1.165) is 0 Å². The SMILES string of the molecule is CC(C)C(N)CCN(C)C(=O)c1cn(-c2cccc([N+](=O)[O-])c2)nn1. The summed E-state index contributed by atoms with van der Waals surface area (Å²) >= 11 is 0. The van der Waals surface area contributed by atoms with Gasteiger partial charge in [0.1, 0.15) is 0 Å². The van der Waals surface area contributed by atoms with Gasteiger partial charge in [-0.3, -0.25) is 14.9 Å². The Labute approximate surface area is 145 Å². The second-order valence-corrected chi connectivity index (χ2v) is 6.25. The van der Waals surface area contributed by atoms with Gasteiger partial charge in [0.05, 0.1) is 16.8 Å². The van der Waals surface area contributed by atoms with Crippen molar-refractivity contribution < 1.29 is 9.72 Å². The van der Waals surface area contributed by atoms with Crippen LogP contribution in [0.5, 0.6) is 0 Å². The Balaban J connectivity index is 2.08. The number of nitrogens with zero attached hydrogens (tertiary/aromatic N) is 5. The van der Waals surface area contributed by atoms with Crippen molar-refractivity contribution in [2.45, 2.75) is 26.3 Å². The van der Waals surface area contributed by atoms with Crippen LogP contribution in [0, 0.1) is 16.0 Å². The van der Waals surface area contributed by atoms with Gasteiger partial charge in [-0.15, -0.1) is 5.10 Å². The van der Waals surface area contributed by atoms with Gasteiger partial charge in [-0.2, -0.15) is 0 Å². The van der Waals surface area contributed by atoms with Crippen molar-refractivity contribution in [3.63, 3.8) is 0 Å². The number of nitro groups is 1. The first-order valence-electron chi connectivity index (χ1n) is 7.97. The molecule has 0 aliphatic rings. The average molecular weight is 346 g/mol. The summed E-state index contributed by atoms with van der Waals surface area (Å²) in [6.07, 6.45) is 2.15. The van der Waals surface area contributed by atoms with Crippen molar-refractivity contribution in [1.29, 1.82) is 0 Å². The van der Waals surface area contributed by atoms with Crippen molar-refractivity contribution in [2.24, 2.45) is 11.7 Å². The van der Waals surface area contributed by atoms with E-state index < -0.39 is 4.92 Å². The summed E-state index contributed by atoms with van der Waals surface area (Å²) < 4.78 is 1.34. The molecule has 0 bridgehead atoms. The van der Waals surface area contributed by atoms with Crippen LogP contribution in [0.25, 0.3) is 5.69 Å². The Morgan fingerprint density at radius 2 is 2.16 bits per heavy atom. The Kier molecular flexibility index (Phi) is 5.81. The number of aromatic nitrogens is 3. The second-order valence-electron chi connectivity index (χ2n) is 6.25. The van der Waals surface area contributed by atoms with Crippen molar-refractivity contribution in [1.82, 2.24) is 19.9 Å². The zero-order chi connectivity index (χ0) is 18.6. The molecule has 2 N–H and O–H groups in total. The summed E-state index contributed by atoms with van der Waals surface area (Å²) in [6.45, 7) is 4.59. The summed E-state index contributed by atoms with van der Waals surface area (Å²) in [5.74, 6) is 0.0749. The number of benzene rings is 1. The zero-order valence-electron chi connectivity index (χ0n) is 14.5. The molecule has 9 nitrogen and oxygen atoms in total. The highest BCUT2D eigenvalue weighted by Gasteiger charge is 2.18. The van der Waals surface area contributed by atoms with Crippen LogP contribution in [0.3, 0.4) is 0 Å². The van der Waals surface area contributed by atoms with Crippen LogP contribution < -0.4 is 5.73 Å². The van der Waals surface area contributed by atoms with Gasteiger partial charge in [0, 0.05) is 31.8 Å². The lowest BCUT2D eigenvalue weighted by Gasteiger charge is -2.20. The van der Waals surface area contributed by atoms with E-state index in [9.17, 15) is 14.9 Å². The highest BCUT2D eigenvalue weighted by atomic mass is 16.6. The van der Waals surface area contributed by atoms with Crippen molar-refractivity contribution in [2.75, 3.05) is 13.6 Å². The summed E-state index contributed by atoms with van der Waals surface area (Å²) in [6, 6.07) is 5.99. The molecule has 0 fully saturated rings. The molecular weight excluding hydrogens is 324 g/mol. The average Bonchev–Trinajstić information content (AvgIpc) is 3.08. The third kappa shape index (κ3) is 4.60. The lowest BCUT2D eigenvalue weighted by atomic mass is 10.0. The minimum atomic E-state index is -0.488. The number of non-ortho nitro benzene ring substituents is 1. The molecule has 1 atom stereocenters. The molecule has 1 aromatic carbocycles. The molecule has 0 radical (unpaired) electrons. The summed E-state index contributed by atoms with van der Waals surface area (Å²) in [5, 5.41) is 18.6. The fourth-order valence-corrected chi connectivity index (χ4v) is 2.21. The largest absolute Gasteiger partial charge is 0.340 e. The molecule has 25 heavy (non-hydrogen) atoms. The highest BCUT2D eigenvalue weighted by molar-refractivity contribution is 5.91. The molecule has 9 heteroatoms. The molecule has 0 saturated heterocycles. The van der Waals surface area contributed by atoms with Crippen molar-refractivity contribution in [3.05, 3.63) is 46.3 Å². The molecule has 0 aliphatic heterocycles. The van der Waals surface area contributed by atoms with E-state index in [4.69, 9.17) is 5.73 Å². The van der Waals surface area contributed by atoms with Crippen LogP contribution in [0.2, 0.25) is 0 Å². The number of nitro benzene ring substituents is 1. The maximum absolute atomic E-state index is 12.4. The number of nitrogens with two attached hydrogens (primary N) is 1. The third-order valence-corrected chi connectivity index (χ3v) is 4.02. The minimum Gasteiger partial charge on any atom is -0.340 e. The number of amides is 1. The lowest BCUT2D eigenvalue weighted by Crippen LogP contribution is -2.34. The van der Waals surface area contributed by atoms with Gasteiger partial charge in [-0.1, -0.05) is 25.1 Å². The molecular formula is C16H22N6O3. The first kappa shape index (κ1) is 18.5. The molecule has 2 rings (SSSR count). The predicted molar refractivity (Wildman–Crippen MR) is 92.4 cm³/mol. The zero-order valence-corrected chi connectivity index (χ0v) is 14.5. The molecule has 0 saturated carbocycles. The first-order valence-corrected chi connectivity index (χ1v) is 7.97.